The number of nitriles is 1. The molecule has 0 atom stereocenters. The number of nitrogens with zero attached hydrogens (tertiary/aromatic N) is 3. The zero-order valence-electron chi connectivity index (χ0n) is 15.4. The van der Waals surface area contributed by atoms with Crippen molar-refractivity contribution < 1.29 is 17.6 Å². The van der Waals surface area contributed by atoms with Crippen LogP contribution in [0.2, 0.25) is 0 Å². The second-order valence-corrected chi connectivity index (χ2v) is 9.82. The highest BCUT2D eigenvalue weighted by Gasteiger charge is 2.33. The molecule has 29 heavy (non-hydrogen) atoms. The highest BCUT2D eigenvalue weighted by atomic mass is 32.2. The maximum atomic E-state index is 12.7. The van der Waals surface area contributed by atoms with Crippen molar-refractivity contribution in [2.24, 2.45) is 0 Å². The molecule has 150 valence electrons. The summed E-state index contributed by atoms with van der Waals surface area (Å²) in [6.07, 6.45) is 2.76. The van der Waals surface area contributed by atoms with Crippen LogP contribution >= 0.6 is 24.0 Å². The van der Waals surface area contributed by atoms with Crippen LogP contribution < -0.4 is 4.90 Å². The smallest absolute Gasteiger partial charge is 0.270 e. The fourth-order valence-corrected chi connectivity index (χ4v) is 4.73. The summed E-state index contributed by atoms with van der Waals surface area (Å²) >= 11 is 6.51. The maximum absolute atomic E-state index is 12.7. The molecule has 1 amide bonds. The first-order chi connectivity index (χ1) is 13.8. The van der Waals surface area contributed by atoms with E-state index in [1.807, 2.05) is 24.3 Å². The number of rotatable bonds is 7. The quantitative estimate of drug-likeness (QED) is 0.474. The molecule has 1 aromatic carbocycles. The number of hydrogen-bond donors (Lipinski definition) is 0. The predicted octanol–water partition coefficient (Wildman–Crippen LogP) is 3.36. The summed E-state index contributed by atoms with van der Waals surface area (Å²) in [5, 5.41) is 8.71. The summed E-state index contributed by atoms with van der Waals surface area (Å²) in [6, 6.07) is 14.4. The Kier molecular flexibility index (Phi) is 6.54. The van der Waals surface area contributed by atoms with Gasteiger partial charge in [0.15, 0.2) is 4.32 Å². The maximum Gasteiger partial charge on any atom is 0.270 e. The average Bonchev–Trinajstić information content (AvgIpc) is 3.22. The number of carbonyl (C=O) groups excluding carboxylic acids is 1. The number of benzene rings is 1. The lowest BCUT2D eigenvalue weighted by molar-refractivity contribution is -0.113. The van der Waals surface area contributed by atoms with Crippen molar-refractivity contribution in [2.45, 2.75) is 13.0 Å². The Morgan fingerprint density at radius 2 is 2.00 bits per heavy atom. The first-order valence-electron chi connectivity index (χ1n) is 8.53. The molecule has 1 aliphatic rings. The molecule has 1 aliphatic heterocycles. The molecule has 0 bridgehead atoms. The number of amides is 1. The Bertz CT molecular complexity index is 1100. The van der Waals surface area contributed by atoms with Crippen molar-refractivity contribution in [1.82, 2.24) is 4.31 Å². The Hall–Kier alpha value is -2.45. The third-order valence-corrected chi connectivity index (χ3v) is 6.59. The molecule has 0 N–H and O–H groups in total. The first kappa shape index (κ1) is 21.3. The third-order valence-electron chi connectivity index (χ3n) is 4.04. The molecule has 10 heteroatoms. The molecule has 0 spiro atoms. The van der Waals surface area contributed by atoms with Crippen LogP contribution in [-0.4, -0.2) is 35.8 Å². The minimum atomic E-state index is -3.48. The lowest BCUT2D eigenvalue weighted by Gasteiger charge is -2.16. The highest BCUT2D eigenvalue weighted by Crippen LogP contribution is 2.36. The fraction of sp³-hybridized carbons (Fsp3) is 0.211. The van der Waals surface area contributed by atoms with Crippen LogP contribution in [0.15, 0.2) is 51.8 Å². The van der Waals surface area contributed by atoms with Gasteiger partial charge in [-0.15, -0.1) is 0 Å². The molecule has 2 heterocycles. The number of hydrogen-bond acceptors (Lipinski definition) is 7. The van der Waals surface area contributed by atoms with E-state index in [0.717, 1.165) is 6.26 Å². The molecule has 1 fully saturated rings. The average molecular weight is 448 g/mol. The molecule has 1 aromatic heterocycles. The summed E-state index contributed by atoms with van der Waals surface area (Å²) in [6.45, 7) is 0.0976. The molecule has 0 saturated carbocycles. The molecule has 0 radical (unpaired) electrons. The Labute approximate surface area is 178 Å². The molecule has 3 rings (SSSR count). The summed E-state index contributed by atoms with van der Waals surface area (Å²) < 4.78 is 31.0. The van der Waals surface area contributed by atoms with Crippen molar-refractivity contribution >= 4 is 56.0 Å². The number of sulfonamides is 1. The van der Waals surface area contributed by atoms with E-state index >= 15 is 0 Å². The number of furan rings is 1. The Morgan fingerprint density at radius 3 is 2.66 bits per heavy atom. The number of thiocarbonyl (C=S) groups is 1. The van der Waals surface area contributed by atoms with Crippen LogP contribution in [0.5, 0.6) is 0 Å². The van der Waals surface area contributed by atoms with E-state index in [4.69, 9.17) is 21.9 Å². The minimum Gasteiger partial charge on any atom is -0.460 e. The molecular weight excluding hydrogens is 430 g/mol. The Morgan fingerprint density at radius 1 is 1.28 bits per heavy atom. The van der Waals surface area contributed by atoms with Crippen LogP contribution in [-0.2, 0) is 21.4 Å². The second-order valence-electron chi connectivity index (χ2n) is 6.16. The normalized spacial score (nSPS) is 16.0. The third kappa shape index (κ3) is 5.13. The van der Waals surface area contributed by atoms with Crippen molar-refractivity contribution in [1.29, 1.82) is 5.26 Å². The van der Waals surface area contributed by atoms with Crippen molar-refractivity contribution in [3.05, 3.63) is 58.9 Å². The van der Waals surface area contributed by atoms with Crippen molar-refractivity contribution in [2.75, 3.05) is 17.7 Å². The van der Waals surface area contributed by atoms with Gasteiger partial charge in [-0.2, -0.15) is 9.57 Å². The van der Waals surface area contributed by atoms with Crippen LogP contribution in [0.4, 0.5) is 5.69 Å². The van der Waals surface area contributed by atoms with E-state index in [-0.39, 0.29) is 25.4 Å². The lowest BCUT2D eigenvalue weighted by Crippen LogP contribution is -2.30. The van der Waals surface area contributed by atoms with Crippen LogP contribution in [0, 0.1) is 11.3 Å². The van der Waals surface area contributed by atoms with Gasteiger partial charge in [0.2, 0.25) is 10.0 Å². The molecule has 2 aromatic rings. The Balaban J connectivity index is 1.77. The van der Waals surface area contributed by atoms with Gasteiger partial charge in [0.25, 0.3) is 5.91 Å². The van der Waals surface area contributed by atoms with Crippen molar-refractivity contribution in [3.8, 4) is 6.07 Å². The van der Waals surface area contributed by atoms with E-state index in [2.05, 4.69) is 0 Å². The SMILES string of the molecule is CS(=O)(=O)N(CCC#N)Cc1ccc(/C=C2\SC(=S)N(c3ccccc3)C2=O)o1. The first-order valence-corrected chi connectivity index (χ1v) is 11.6. The number of thioether (sulfide) groups is 1. The molecule has 7 nitrogen and oxygen atoms in total. The summed E-state index contributed by atoms with van der Waals surface area (Å²) in [5.41, 5.74) is 0.694. The van der Waals surface area contributed by atoms with Crippen molar-refractivity contribution in [3.63, 3.8) is 0 Å². The van der Waals surface area contributed by atoms with E-state index in [0.29, 0.717) is 26.4 Å². The van der Waals surface area contributed by atoms with Gasteiger partial charge in [-0.25, -0.2) is 8.42 Å². The van der Waals surface area contributed by atoms with Gasteiger partial charge in [0.05, 0.1) is 29.5 Å². The highest BCUT2D eigenvalue weighted by molar-refractivity contribution is 8.27. The van der Waals surface area contributed by atoms with Gasteiger partial charge in [-0.3, -0.25) is 9.69 Å². The van der Waals surface area contributed by atoms with E-state index in [1.54, 1.807) is 30.3 Å². The van der Waals surface area contributed by atoms with Crippen LogP contribution in [0.3, 0.4) is 0 Å². The molecule has 0 unspecified atom stereocenters. The zero-order chi connectivity index (χ0) is 21.0. The van der Waals surface area contributed by atoms with Gasteiger partial charge < -0.3 is 4.42 Å². The topological polar surface area (TPSA) is 94.6 Å². The molecule has 1 saturated heterocycles. The zero-order valence-corrected chi connectivity index (χ0v) is 17.9. The summed E-state index contributed by atoms with van der Waals surface area (Å²) in [5.74, 6) is 0.594. The predicted molar refractivity (Wildman–Crippen MR) is 116 cm³/mol. The van der Waals surface area contributed by atoms with Crippen LogP contribution in [0.25, 0.3) is 6.08 Å². The summed E-state index contributed by atoms with van der Waals surface area (Å²) in [4.78, 5) is 14.6. The number of para-hydroxylation sites is 1. The van der Waals surface area contributed by atoms with E-state index < -0.39 is 10.0 Å². The monoisotopic (exact) mass is 447 g/mol. The van der Waals surface area contributed by atoms with Crippen LogP contribution in [0.1, 0.15) is 17.9 Å². The number of carbonyl (C=O) groups is 1. The minimum absolute atomic E-state index is 0.0132. The van der Waals surface area contributed by atoms with Gasteiger partial charge in [-0.05, 0) is 24.3 Å². The fourth-order valence-electron chi connectivity index (χ4n) is 2.66. The second kappa shape index (κ2) is 8.92. The standard InChI is InChI=1S/C19H17N3O4S3/c1-29(24,25)21(11-5-10-20)13-16-9-8-15(26-16)12-17-18(23)22(19(27)28-17)14-6-3-2-4-7-14/h2-4,6-9,12H,5,11,13H2,1H3/b17-12-. The van der Waals surface area contributed by atoms with Gasteiger partial charge in [0, 0.05) is 19.0 Å². The van der Waals surface area contributed by atoms with Gasteiger partial charge in [0.1, 0.15) is 11.5 Å². The summed E-state index contributed by atoms with van der Waals surface area (Å²) in [7, 11) is -3.48. The largest absolute Gasteiger partial charge is 0.460 e. The van der Waals surface area contributed by atoms with E-state index in [1.165, 1.54) is 21.0 Å². The number of anilines is 1. The van der Waals surface area contributed by atoms with Gasteiger partial charge in [-0.1, -0.05) is 42.2 Å². The lowest BCUT2D eigenvalue weighted by atomic mass is 10.3. The van der Waals surface area contributed by atoms with E-state index in [9.17, 15) is 13.2 Å². The molecule has 0 aliphatic carbocycles. The van der Waals surface area contributed by atoms with Gasteiger partial charge >= 0.3 is 0 Å². The molecular formula is C19H17N3O4S3.